The van der Waals surface area contributed by atoms with Crippen molar-refractivity contribution in [2.75, 3.05) is 13.7 Å². The smallest absolute Gasteiger partial charge is 0.336 e. The minimum absolute atomic E-state index is 0. The SMILES string of the molecule is COc1cc(/C=C/CO[C@H]2Cc3cc4ccc(=O)oc4cc3OC2(C)C)ccc1O.S. The number of aromatic hydroxyl groups is 1. The highest BCUT2D eigenvalue weighted by molar-refractivity contribution is 7.59. The van der Waals surface area contributed by atoms with E-state index in [1.54, 1.807) is 24.3 Å². The second-order valence-corrected chi connectivity index (χ2v) is 7.82. The summed E-state index contributed by atoms with van der Waals surface area (Å²) in [4.78, 5) is 11.5. The third kappa shape index (κ3) is 4.89. The van der Waals surface area contributed by atoms with Gasteiger partial charge in [-0.05, 0) is 49.2 Å². The molecular formula is C24H26O6S. The standard InChI is InChI=1S/C24H24O6.H2S/c1-24(2)22(28-10-4-5-15-6-8-18(25)21(11-15)27-3)13-17-12-16-7-9-23(26)29-19(16)14-20(17)30-24;/h4-9,11-12,14,22,25H,10,13H2,1-3H3;1H2/b5-4+;/t22-;/m0./s1. The Morgan fingerprint density at radius 3 is 2.77 bits per heavy atom. The van der Waals surface area contributed by atoms with Crippen molar-refractivity contribution in [1.29, 1.82) is 0 Å². The number of hydrogen-bond donors (Lipinski definition) is 1. The normalized spacial score (nSPS) is 17.1. The van der Waals surface area contributed by atoms with E-state index >= 15 is 0 Å². The van der Waals surface area contributed by atoms with E-state index in [0.717, 1.165) is 16.5 Å². The highest BCUT2D eigenvalue weighted by atomic mass is 32.1. The molecule has 0 saturated carbocycles. The molecule has 0 spiro atoms. The molecule has 0 amide bonds. The number of methoxy groups -OCH3 is 1. The van der Waals surface area contributed by atoms with E-state index < -0.39 is 5.60 Å². The largest absolute Gasteiger partial charge is 0.504 e. The predicted octanol–water partition coefficient (Wildman–Crippen LogP) is 4.43. The second kappa shape index (κ2) is 9.08. The Hall–Kier alpha value is -2.90. The summed E-state index contributed by atoms with van der Waals surface area (Å²) in [7, 11) is 1.52. The molecule has 0 bridgehead atoms. The summed E-state index contributed by atoms with van der Waals surface area (Å²) in [5.74, 6) is 1.26. The summed E-state index contributed by atoms with van der Waals surface area (Å²) in [6.07, 6.45) is 4.39. The lowest BCUT2D eigenvalue weighted by molar-refractivity contribution is -0.0753. The zero-order valence-electron chi connectivity index (χ0n) is 17.7. The monoisotopic (exact) mass is 442 g/mol. The summed E-state index contributed by atoms with van der Waals surface area (Å²) in [5.41, 5.74) is 1.53. The Labute approximate surface area is 187 Å². The van der Waals surface area contributed by atoms with Crippen LogP contribution in [0.5, 0.6) is 17.2 Å². The van der Waals surface area contributed by atoms with E-state index in [0.29, 0.717) is 30.1 Å². The third-order valence-corrected chi connectivity index (χ3v) is 5.26. The molecule has 1 aromatic heterocycles. The molecule has 1 atom stereocenters. The van der Waals surface area contributed by atoms with Gasteiger partial charge < -0.3 is 23.7 Å². The lowest BCUT2D eigenvalue weighted by Gasteiger charge is -2.39. The van der Waals surface area contributed by atoms with Gasteiger partial charge in [-0.3, -0.25) is 0 Å². The molecule has 4 rings (SSSR count). The Morgan fingerprint density at radius 2 is 2.00 bits per heavy atom. The van der Waals surface area contributed by atoms with E-state index in [1.807, 2.05) is 38.1 Å². The maximum Gasteiger partial charge on any atom is 0.336 e. The van der Waals surface area contributed by atoms with Gasteiger partial charge >= 0.3 is 5.63 Å². The minimum atomic E-state index is -0.536. The lowest BCUT2D eigenvalue weighted by atomic mass is 9.90. The van der Waals surface area contributed by atoms with Gasteiger partial charge in [0.25, 0.3) is 0 Å². The van der Waals surface area contributed by atoms with Crippen molar-refractivity contribution >= 4 is 30.5 Å². The summed E-state index contributed by atoms with van der Waals surface area (Å²) in [6, 6.07) is 12.1. The van der Waals surface area contributed by atoms with Gasteiger partial charge in [0.2, 0.25) is 0 Å². The molecule has 31 heavy (non-hydrogen) atoms. The van der Waals surface area contributed by atoms with Crippen LogP contribution < -0.4 is 15.1 Å². The molecule has 0 aliphatic carbocycles. The van der Waals surface area contributed by atoms with Gasteiger partial charge in [0, 0.05) is 23.9 Å². The molecule has 2 aromatic carbocycles. The molecule has 0 unspecified atom stereocenters. The first kappa shape index (κ1) is 22.8. The Balaban J connectivity index is 0.00000272. The van der Waals surface area contributed by atoms with Gasteiger partial charge in [0.05, 0.1) is 13.7 Å². The maximum atomic E-state index is 11.5. The molecule has 0 fully saturated rings. The molecule has 164 valence electrons. The number of fused-ring (bicyclic) bond motifs is 2. The van der Waals surface area contributed by atoms with Gasteiger partial charge in [-0.2, -0.15) is 13.5 Å². The van der Waals surface area contributed by atoms with Crippen LogP contribution in [0.15, 0.2) is 57.8 Å². The first-order valence-electron chi connectivity index (χ1n) is 9.77. The zero-order valence-corrected chi connectivity index (χ0v) is 18.7. The van der Waals surface area contributed by atoms with Crippen molar-refractivity contribution < 1.29 is 23.7 Å². The van der Waals surface area contributed by atoms with Gasteiger partial charge in [-0.1, -0.05) is 18.2 Å². The molecular weight excluding hydrogens is 416 g/mol. The fourth-order valence-corrected chi connectivity index (χ4v) is 3.61. The van der Waals surface area contributed by atoms with E-state index in [2.05, 4.69) is 0 Å². The van der Waals surface area contributed by atoms with Gasteiger partial charge in [-0.15, -0.1) is 0 Å². The molecule has 1 aliphatic heterocycles. The number of benzene rings is 2. The van der Waals surface area contributed by atoms with E-state index in [-0.39, 0.29) is 31.0 Å². The van der Waals surface area contributed by atoms with Gasteiger partial charge in [0.15, 0.2) is 11.5 Å². The highest BCUT2D eigenvalue weighted by Crippen LogP contribution is 2.37. The summed E-state index contributed by atoms with van der Waals surface area (Å²) < 4.78 is 22.7. The van der Waals surface area contributed by atoms with Crippen LogP contribution in [-0.4, -0.2) is 30.5 Å². The number of rotatable bonds is 5. The van der Waals surface area contributed by atoms with E-state index in [4.69, 9.17) is 18.6 Å². The maximum absolute atomic E-state index is 11.5. The van der Waals surface area contributed by atoms with Crippen LogP contribution in [0.2, 0.25) is 0 Å². The topological polar surface area (TPSA) is 78.1 Å². The van der Waals surface area contributed by atoms with E-state index in [1.165, 1.54) is 13.2 Å². The van der Waals surface area contributed by atoms with Crippen molar-refractivity contribution in [3.05, 3.63) is 70.1 Å². The fourth-order valence-electron chi connectivity index (χ4n) is 3.61. The molecule has 3 aromatic rings. The molecule has 1 aliphatic rings. The molecule has 0 saturated heterocycles. The summed E-state index contributed by atoms with van der Waals surface area (Å²) in [5, 5.41) is 10.5. The average molecular weight is 443 g/mol. The Kier molecular flexibility index (Phi) is 6.67. The number of phenolic OH excluding ortho intramolecular Hbond substituents is 1. The van der Waals surface area contributed by atoms with Crippen LogP contribution in [0.25, 0.3) is 17.0 Å². The minimum Gasteiger partial charge on any atom is -0.504 e. The highest BCUT2D eigenvalue weighted by Gasteiger charge is 2.38. The molecule has 2 heterocycles. The third-order valence-electron chi connectivity index (χ3n) is 5.26. The predicted molar refractivity (Wildman–Crippen MR) is 125 cm³/mol. The molecule has 7 heteroatoms. The van der Waals surface area contributed by atoms with Crippen LogP contribution in [0.3, 0.4) is 0 Å². The summed E-state index contributed by atoms with van der Waals surface area (Å²) in [6.45, 7) is 4.39. The van der Waals surface area contributed by atoms with Crippen LogP contribution in [0.1, 0.15) is 25.0 Å². The van der Waals surface area contributed by atoms with Gasteiger partial charge in [0.1, 0.15) is 23.0 Å². The molecule has 0 radical (unpaired) electrons. The van der Waals surface area contributed by atoms with Crippen LogP contribution in [-0.2, 0) is 11.2 Å². The van der Waals surface area contributed by atoms with Crippen molar-refractivity contribution in [3.8, 4) is 17.2 Å². The molecule has 1 N–H and O–H groups in total. The zero-order chi connectivity index (χ0) is 21.3. The van der Waals surface area contributed by atoms with Crippen molar-refractivity contribution in [3.63, 3.8) is 0 Å². The van der Waals surface area contributed by atoms with E-state index in [9.17, 15) is 9.90 Å². The first-order valence-corrected chi connectivity index (χ1v) is 9.77. The Morgan fingerprint density at radius 1 is 1.19 bits per heavy atom. The number of phenols is 1. The fraction of sp³-hybridized carbons (Fsp3) is 0.292. The Bertz CT molecular complexity index is 1160. The quantitative estimate of drug-likeness (QED) is 0.589. The van der Waals surface area contributed by atoms with Crippen molar-refractivity contribution in [2.45, 2.75) is 32.0 Å². The lowest BCUT2D eigenvalue weighted by Crippen LogP contribution is -2.48. The van der Waals surface area contributed by atoms with Crippen LogP contribution >= 0.6 is 13.5 Å². The van der Waals surface area contributed by atoms with Crippen LogP contribution in [0, 0.1) is 0 Å². The molecule has 6 nitrogen and oxygen atoms in total. The van der Waals surface area contributed by atoms with Crippen LogP contribution in [0.4, 0.5) is 0 Å². The van der Waals surface area contributed by atoms with Crippen molar-refractivity contribution in [1.82, 2.24) is 0 Å². The van der Waals surface area contributed by atoms with Gasteiger partial charge in [-0.25, -0.2) is 4.79 Å². The van der Waals surface area contributed by atoms with Crippen molar-refractivity contribution in [2.24, 2.45) is 0 Å². The summed E-state index contributed by atoms with van der Waals surface area (Å²) >= 11 is 0. The number of hydrogen-bond acceptors (Lipinski definition) is 6. The average Bonchev–Trinajstić information content (AvgIpc) is 2.70. The first-order chi connectivity index (χ1) is 14.4. The number of ether oxygens (including phenoxy) is 3. The second-order valence-electron chi connectivity index (χ2n) is 7.82.